The normalized spacial score (nSPS) is 16.0. The monoisotopic (exact) mass is 450 g/mol. The van der Waals surface area contributed by atoms with Gasteiger partial charge in [0.2, 0.25) is 5.91 Å². The maximum Gasteiger partial charge on any atom is 0.265 e. The van der Waals surface area contributed by atoms with E-state index < -0.39 is 17.8 Å². The summed E-state index contributed by atoms with van der Waals surface area (Å²) in [5, 5.41) is 2.63. The smallest absolute Gasteiger partial charge is 0.265 e. The quantitative estimate of drug-likeness (QED) is 0.604. The van der Waals surface area contributed by atoms with Gasteiger partial charge in [-0.3, -0.25) is 9.59 Å². The minimum Gasteiger partial charge on any atom is -0.481 e. The standard InChI is InChI=1S/C26H24F2N2O3/c1-16(26(32)29-22-5-3-4-21(28)14-22)33-23-11-8-18-12-13-30(17(2)31)25(24(18)15-23)19-6-9-20(27)10-7-19/h3-11,14-16,25H,12-13H2,1-2H3,(H,29,32). The van der Waals surface area contributed by atoms with Crippen LogP contribution in [0.1, 0.15) is 36.6 Å². The van der Waals surface area contributed by atoms with E-state index in [1.807, 2.05) is 12.1 Å². The number of anilines is 1. The lowest BCUT2D eigenvalue weighted by Gasteiger charge is -2.37. The summed E-state index contributed by atoms with van der Waals surface area (Å²) in [7, 11) is 0. The molecule has 0 saturated carbocycles. The Labute approximate surface area is 191 Å². The third kappa shape index (κ3) is 5.03. The van der Waals surface area contributed by atoms with Crippen molar-refractivity contribution in [1.82, 2.24) is 4.90 Å². The average Bonchev–Trinajstić information content (AvgIpc) is 2.78. The van der Waals surface area contributed by atoms with Gasteiger partial charge in [-0.05, 0) is 72.5 Å². The summed E-state index contributed by atoms with van der Waals surface area (Å²) in [6, 6.07) is 16.9. The number of halogens is 2. The molecule has 0 bridgehead atoms. The highest BCUT2D eigenvalue weighted by atomic mass is 19.1. The Morgan fingerprint density at radius 1 is 1.03 bits per heavy atom. The second kappa shape index (κ2) is 9.40. The molecular weight excluding hydrogens is 426 g/mol. The molecule has 0 fully saturated rings. The number of hydrogen-bond acceptors (Lipinski definition) is 3. The number of benzene rings is 3. The van der Waals surface area contributed by atoms with Gasteiger partial charge in [0.25, 0.3) is 5.91 Å². The zero-order valence-electron chi connectivity index (χ0n) is 18.3. The van der Waals surface area contributed by atoms with Gasteiger partial charge in [0.15, 0.2) is 6.10 Å². The van der Waals surface area contributed by atoms with Gasteiger partial charge in [0.1, 0.15) is 17.4 Å². The van der Waals surface area contributed by atoms with E-state index in [0.717, 1.165) is 16.7 Å². The minimum atomic E-state index is -0.844. The van der Waals surface area contributed by atoms with Gasteiger partial charge in [0.05, 0.1) is 6.04 Å². The molecule has 0 aromatic heterocycles. The predicted octanol–water partition coefficient (Wildman–Crippen LogP) is 4.86. The number of nitrogens with zero attached hydrogens (tertiary/aromatic N) is 1. The molecule has 0 aliphatic carbocycles. The number of ether oxygens (including phenoxy) is 1. The third-order valence-corrected chi connectivity index (χ3v) is 5.71. The molecule has 0 radical (unpaired) electrons. The minimum absolute atomic E-state index is 0.0795. The summed E-state index contributed by atoms with van der Waals surface area (Å²) in [6.07, 6.45) is -0.161. The molecule has 1 aliphatic rings. The molecule has 4 rings (SSSR count). The van der Waals surface area contributed by atoms with Crippen molar-refractivity contribution >= 4 is 17.5 Å². The lowest BCUT2D eigenvalue weighted by molar-refractivity contribution is -0.130. The number of carbonyl (C=O) groups is 2. The van der Waals surface area contributed by atoms with E-state index in [0.29, 0.717) is 24.4 Å². The number of hydrogen-bond donors (Lipinski definition) is 1. The van der Waals surface area contributed by atoms with Crippen molar-refractivity contribution in [3.63, 3.8) is 0 Å². The van der Waals surface area contributed by atoms with E-state index in [-0.39, 0.29) is 17.8 Å². The molecule has 0 spiro atoms. The van der Waals surface area contributed by atoms with Gasteiger partial charge in [0, 0.05) is 19.2 Å². The Hall–Kier alpha value is -3.74. The Kier molecular flexibility index (Phi) is 6.40. The van der Waals surface area contributed by atoms with Crippen molar-refractivity contribution in [2.45, 2.75) is 32.4 Å². The fourth-order valence-corrected chi connectivity index (χ4v) is 4.08. The SMILES string of the molecule is CC(=O)N1CCc2ccc(OC(C)C(=O)Nc3cccc(F)c3)cc2C1c1ccc(F)cc1. The first-order chi connectivity index (χ1) is 15.8. The van der Waals surface area contributed by atoms with Gasteiger partial charge < -0.3 is 15.0 Å². The van der Waals surface area contributed by atoms with E-state index in [1.165, 1.54) is 37.3 Å². The summed E-state index contributed by atoms with van der Waals surface area (Å²) in [6.45, 7) is 3.67. The Balaban J connectivity index is 1.59. The molecule has 2 atom stereocenters. The number of carbonyl (C=O) groups excluding carboxylic acids is 2. The van der Waals surface area contributed by atoms with Crippen LogP contribution in [-0.2, 0) is 16.0 Å². The molecule has 3 aromatic rings. The van der Waals surface area contributed by atoms with Gasteiger partial charge in [-0.1, -0.05) is 24.3 Å². The van der Waals surface area contributed by atoms with E-state index in [2.05, 4.69) is 5.32 Å². The second-order valence-corrected chi connectivity index (χ2v) is 8.04. The zero-order chi connectivity index (χ0) is 23.5. The molecule has 170 valence electrons. The predicted molar refractivity (Wildman–Crippen MR) is 121 cm³/mol. The van der Waals surface area contributed by atoms with Crippen LogP contribution < -0.4 is 10.1 Å². The van der Waals surface area contributed by atoms with Crippen LogP contribution >= 0.6 is 0 Å². The number of nitrogens with one attached hydrogen (secondary N) is 1. The molecular formula is C26H24F2N2O3. The first-order valence-corrected chi connectivity index (χ1v) is 10.7. The van der Waals surface area contributed by atoms with Crippen LogP contribution in [0.15, 0.2) is 66.7 Å². The Morgan fingerprint density at radius 3 is 2.48 bits per heavy atom. The van der Waals surface area contributed by atoms with Crippen molar-refractivity contribution in [1.29, 1.82) is 0 Å². The number of fused-ring (bicyclic) bond motifs is 1. The van der Waals surface area contributed by atoms with Gasteiger partial charge >= 0.3 is 0 Å². The lowest BCUT2D eigenvalue weighted by Crippen LogP contribution is -2.39. The van der Waals surface area contributed by atoms with Crippen molar-refractivity contribution in [3.8, 4) is 5.75 Å². The van der Waals surface area contributed by atoms with Crippen molar-refractivity contribution < 1.29 is 23.1 Å². The molecule has 1 heterocycles. The van der Waals surface area contributed by atoms with Gasteiger partial charge in [-0.2, -0.15) is 0 Å². The van der Waals surface area contributed by atoms with Crippen molar-refractivity contribution in [3.05, 3.63) is 95.1 Å². The zero-order valence-corrected chi connectivity index (χ0v) is 18.3. The first kappa shape index (κ1) is 22.5. The number of rotatable bonds is 5. The highest BCUT2D eigenvalue weighted by Crippen LogP contribution is 2.37. The summed E-state index contributed by atoms with van der Waals surface area (Å²) < 4.78 is 32.8. The summed E-state index contributed by atoms with van der Waals surface area (Å²) >= 11 is 0. The fraction of sp³-hybridized carbons (Fsp3) is 0.231. The summed E-state index contributed by atoms with van der Waals surface area (Å²) in [5.74, 6) is -0.826. The fourth-order valence-electron chi connectivity index (χ4n) is 4.08. The van der Waals surface area contributed by atoms with E-state index >= 15 is 0 Å². The number of amides is 2. The Morgan fingerprint density at radius 2 is 1.79 bits per heavy atom. The van der Waals surface area contributed by atoms with Gasteiger partial charge in [-0.15, -0.1) is 0 Å². The third-order valence-electron chi connectivity index (χ3n) is 5.71. The van der Waals surface area contributed by atoms with E-state index in [9.17, 15) is 18.4 Å². The molecule has 5 nitrogen and oxygen atoms in total. The molecule has 3 aromatic carbocycles. The van der Waals surface area contributed by atoms with Crippen LogP contribution in [0, 0.1) is 11.6 Å². The average molecular weight is 450 g/mol. The summed E-state index contributed by atoms with van der Waals surface area (Å²) in [5.41, 5.74) is 3.07. The second-order valence-electron chi connectivity index (χ2n) is 8.04. The molecule has 0 saturated heterocycles. The maximum absolute atomic E-state index is 13.5. The van der Waals surface area contributed by atoms with Gasteiger partial charge in [-0.25, -0.2) is 8.78 Å². The highest BCUT2D eigenvalue weighted by molar-refractivity contribution is 5.94. The largest absolute Gasteiger partial charge is 0.481 e. The molecule has 2 unspecified atom stereocenters. The van der Waals surface area contributed by atoms with Crippen LogP contribution in [0.5, 0.6) is 5.75 Å². The van der Waals surface area contributed by atoms with Crippen molar-refractivity contribution in [2.24, 2.45) is 0 Å². The van der Waals surface area contributed by atoms with Crippen LogP contribution in [0.2, 0.25) is 0 Å². The van der Waals surface area contributed by atoms with Crippen LogP contribution in [0.3, 0.4) is 0 Å². The lowest BCUT2D eigenvalue weighted by atomic mass is 9.88. The van der Waals surface area contributed by atoms with E-state index in [1.54, 1.807) is 36.1 Å². The first-order valence-electron chi connectivity index (χ1n) is 10.7. The molecule has 1 aliphatic heterocycles. The molecule has 2 amide bonds. The summed E-state index contributed by atoms with van der Waals surface area (Å²) in [4.78, 5) is 26.6. The topological polar surface area (TPSA) is 58.6 Å². The van der Waals surface area contributed by atoms with Crippen LogP contribution in [-0.4, -0.2) is 29.4 Å². The molecule has 7 heteroatoms. The van der Waals surface area contributed by atoms with Crippen LogP contribution in [0.25, 0.3) is 0 Å². The maximum atomic E-state index is 13.5. The Bertz CT molecular complexity index is 1180. The molecule has 33 heavy (non-hydrogen) atoms. The highest BCUT2D eigenvalue weighted by Gasteiger charge is 2.31. The van der Waals surface area contributed by atoms with Crippen molar-refractivity contribution in [2.75, 3.05) is 11.9 Å². The van der Waals surface area contributed by atoms with Crippen LogP contribution in [0.4, 0.5) is 14.5 Å². The van der Waals surface area contributed by atoms with E-state index in [4.69, 9.17) is 4.74 Å². The molecule has 1 N–H and O–H groups in total.